The molecule has 1 atom stereocenters. The van der Waals surface area contributed by atoms with Crippen LogP contribution in [0.4, 0.5) is 0 Å². The first kappa shape index (κ1) is 21.5. The molecule has 158 valence electrons. The van der Waals surface area contributed by atoms with E-state index < -0.39 is 0 Å². The second kappa shape index (κ2) is 10.5. The van der Waals surface area contributed by atoms with Crippen LogP contribution in [0.25, 0.3) is 0 Å². The lowest BCUT2D eigenvalue weighted by Gasteiger charge is -2.22. The van der Waals surface area contributed by atoms with Gasteiger partial charge in [0.25, 0.3) is 0 Å². The summed E-state index contributed by atoms with van der Waals surface area (Å²) in [6.45, 7) is 4.69. The van der Waals surface area contributed by atoms with E-state index in [-0.39, 0.29) is 12.0 Å². The van der Waals surface area contributed by atoms with Crippen molar-refractivity contribution in [3.05, 3.63) is 30.1 Å². The van der Waals surface area contributed by atoms with Crippen LogP contribution in [-0.4, -0.2) is 39.6 Å². The van der Waals surface area contributed by atoms with Crippen molar-refractivity contribution in [1.29, 1.82) is 0 Å². The fourth-order valence-corrected chi connectivity index (χ4v) is 4.40. The number of aromatic nitrogens is 3. The Kier molecular flexibility index (Phi) is 7.80. The van der Waals surface area contributed by atoms with E-state index in [1.807, 2.05) is 42.7 Å². The molecule has 0 spiro atoms. The smallest absolute Gasteiger partial charge is 0.230 e. The normalized spacial score (nSPS) is 15.7. The molecule has 1 aliphatic rings. The van der Waals surface area contributed by atoms with Gasteiger partial charge in [0.2, 0.25) is 5.91 Å². The van der Waals surface area contributed by atoms with Gasteiger partial charge in [0.1, 0.15) is 11.5 Å². The second-order valence-corrected chi connectivity index (χ2v) is 8.16. The molecule has 1 unspecified atom stereocenters. The highest BCUT2D eigenvalue weighted by Crippen LogP contribution is 2.27. The standard InChI is InChI=1S/C21H30N4O3S/c1-4-25-20(15(2)28-18-12-8-11-17(13-18)27-3)23-24-21(25)29-14-19(26)22-16-9-6-5-7-10-16/h8,11-13,15-16H,4-7,9-10,14H2,1-3H3,(H,22,26). The molecule has 0 bridgehead atoms. The van der Waals surface area contributed by atoms with Crippen LogP contribution in [0.5, 0.6) is 11.5 Å². The van der Waals surface area contributed by atoms with Gasteiger partial charge in [-0.25, -0.2) is 0 Å². The highest BCUT2D eigenvalue weighted by atomic mass is 32.2. The minimum atomic E-state index is -0.278. The SMILES string of the molecule is CCn1c(SCC(=O)NC2CCCCC2)nnc1C(C)Oc1cccc(OC)c1. The van der Waals surface area contributed by atoms with Crippen molar-refractivity contribution in [1.82, 2.24) is 20.1 Å². The van der Waals surface area contributed by atoms with Crippen LogP contribution in [0, 0.1) is 0 Å². The maximum Gasteiger partial charge on any atom is 0.230 e. The lowest BCUT2D eigenvalue weighted by Crippen LogP contribution is -2.37. The van der Waals surface area contributed by atoms with Crippen LogP contribution in [0.2, 0.25) is 0 Å². The minimum Gasteiger partial charge on any atom is -0.497 e. The number of hydrogen-bond donors (Lipinski definition) is 1. The van der Waals surface area contributed by atoms with Gasteiger partial charge < -0.3 is 19.4 Å². The summed E-state index contributed by atoms with van der Waals surface area (Å²) in [6, 6.07) is 7.81. The number of amides is 1. The predicted molar refractivity (Wildman–Crippen MR) is 113 cm³/mol. The molecule has 1 saturated carbocycles. The Morgan fingerprint density at radius 1 is 1.28 bits per heavy atom. The summed E-state index contributed by atoms with van der Waals surface area (Å²) in [4.78, 5) is 12.3. The Morgan fingerprint density at radius 2 is 2.03 bits per heavy atom. The fourth-order valence-electron chi connectivity index (χ4n) is 3.58. The molecule has 2 aromatic rings. The van der Waals surface area contributed by atoms with Gasteiger partial charge in [-0.05, 0) is 38.8 Å². The van der Waals surface area contributed by atoms with E-state index in [0.717, 1.165) is 29.6 Å². The quantitative estimate of drug-likeness (QED) is 0.621. The van der Waals surface area contributed by atoms with Gasteiger partial charge >= 0.3 is 0 Å². The second-order valence-electron chi connectivity index (χ2n) is 7.22. The molecule has 1 aromatic carbocycles. The third-order valence-corrected chi connectivity index (χ3v) is 6.05. The molecule has 0 radical (unpaired) electrons. The number of benzene rings is 1. The molecular formula is C21H30N4O3S. The molecule has 1 aromatic heterocycles. The van der Waals surface area contributed by atoms with E-state index in [4.69, 9.17) is 9.47 Å². The molecule has 3 rings (SSSR count). The van der Waals surface area contributed by atoms with Crippen molar-refractivity contribution in [3.63, 3.8) is 0 Å². The van der Waals surface area contributed by atoms with E-state index >= 15 is 0 Å². The summed E-state index contributed by atoms with van der Waals surface area (Å²) in [5.41, 5.74) is 0. The molecule has 7 nitrogen and oxygen atoms in total. The number of nitrogens with one attached hydrogen (secondary N) is 1. The van der Waals surface area contributed by atoms with Crippen molar-refractivity contribution in [2.24, 2.45) is 0 Å². The number of methoxy groups -OCH3 is 1. The molecule has 8 heteroatoms. The molecule has 1 N–H and O–H groups in total. The molecule has 1 aliphatic carbocycles. The molecule has 0 aliphatic heterocycles. The van der Waals surface area contributed by atoms with Crippen molar-refractivity contribution >= 4 is 17.7 Å². The number of hydrogen-bond acceptors (Lipinski definition) is 6. The highest BCUT2D eigenvalue weighted by molar-refractivity contribution is 7.99. The van der Waals surface area contributed by atoms with Crippen LogP contribution in [0.15, 0.2) is 29.4 Å². The first-order valence-corrected chi connectivity index (χ1v) is 11.2. The van der Waals surface area contributed by atoms with Gasteiger partial charge in [-0.15, -0.1) is 10.2 Å². The van der Waals surface area contributed by atoms with Gasteiger partial charge in [0.15, 0.2) is 17.1 Å². The van der Waals surface area contributed by atoms with Crippen LogP contribution in [0.3, 0.4) is 0 Å². The molecule has 1 amide bonds. The third-order valence-electron chi connectivity index (χ3n) is 5.08. The maximum atomic E-state index is 12.3. The lowest BCUT2D eigenvalue weighted by molar-refractivity contribution is -0.119. The van der Waals surface area contributed by atoms with Crippen LogP contribution < -0.4 is 14.8 Å². The van der Waals surface area contributed by atoms with Gasteiger partial charge in [-0.1, -0.05) is 37.1 Å². The number of ether oxygens (including phenoxy) is 2. The molecule has 0 saturated heterocycles. The summed E-state index contributed by atoms with van der Waals surface area (Å²) in [6.07, 6.45) is 5.59. The van der Waals surface area contributed by atoms with Gasteiger partial charge in [0.05, 0.1) is 12.9 Å². The molecule has 1 heterocycles. The average molecular weight is 419 g/mol. The van der Waals surface area contributed by atoms with Crippen molar-refractivity contribution < 1.29 is 14.3 Å². The van der Waals surface area contributed by atoms with Crippen molar-refractivity contribution in [3.8, 4) is 11.5 Å². The summed E-state index contributed by atoms with van der Waals surface area (Å²) < 4.78 is 13.3. The van der Waals surface area contributed by atoms with Crippen molar-refractivity contribution in [2.75, 3.05) is 12.9 Å². The number of nitrogens with zero attached hydrogens (tertiary/aromatic N) is 3. The molecule has 29 heavy (non-hydrogen) atoms. The Balaban J connectivity index is 1.59. The maximum absolute atomic E-state index is 12.3. The Bertz CT molecular complexity index is 805. The van der Waals surface area contributed by atoms with Gasteiger partial charge in [-0.3, -0.25) is 4.79 Å². The molecule has 1 fully saturated rings. The highest BCUT2D eigenvalue weighted by Gasteiger charge is 2.21. The van der Waals surface area contributed by atoms with Crippen LogP contribution in [0.1, 0.15) is 57.9 Å². The first-order valence-electron chi connectivity index (χ1n) is 10.3. The average Bonchev–Trinajstić information content (AvgIpc) is 3.16. The summed E-state index contributed by atoms with van der Waals surface area (Å²) in [5.74, 6) is 2.61. The zero-order chi connectivity index (χ0) is 20.6. The van der Waals surface area contributed by atoms with E-state index in [9.17, 15) is 4.79 Å². The fraction of sp³-hybridized carbons (Fsp3) is 0.571. The summed E-state index contributed by atoms with van der Waals surface area (Å²) >= 11 is 1.42. The summed E-state index contributed by atoms with van der Waals surface area (Å²) in [5, 5.41) is 12.5. The number of rotatable bonds is 9. The van der Waals surface area contributed by atoms with E-state index in [1.165, 1.54) is 31.0 Å². The van der Waals surface area contributed by atoms with E-state index in [0.29, 0.717) is 24.1 Å². The topological polar surface area (TPSA) is 78.3 Å². The Hall–Kier alpha value is -2.22. The number of carbonyl (C=O) groups excluding carboxylic acids is 1. The first-order chi connectivity index (χ1) is 14.1. The third kappa shape index (κ3) is 5.88. The zero-order valence-corrected chi connectivity index (χ0v) is 18.2. The van der Waals surface area contributed by atoms with Crippen LogP contribution in [-0.2, 0) is 11.3 Å². The van der Waals surface area contributed by atoms with E-state index in [2.05, 4.69) is 15.5 Å². The largest absolute Gasteiger partial charge is 0.497 e. The Morgan fingerprint density at radius 3 is 2.76 bits per heavy atom. The Labute approximate surface area is 176 Å². The van der Waals surface area contributed by atoms with Crippen molar-refractivity contribution in [2.45, 2.75) is 69.8 Å². The molecular weight excluding hydrogens is 388 g/mol. The summed E-state index contributed by atoms with van der Waals surface area (Å²) in [7, 11) is 1.63. The predicted octanol–water partition coefficient (Wildman–Crippen LogP) is 3.99. The van der Waals surface area contributed by atoms with Gasteiger partial charge in [0, 0.05) is 18.7 Å². The zero-order valence-electron chi connectivity index (χ0n) is 17.4. The monoisotopic (exact) mass is 418 g/mol. The minimum absolute atomic E-state index is 0.0646. The number of thioether (sulfide) groups is 1. The van der Waals surface area contributed by atoms with E-state index in [1.54, 1.807) is 7.11 Å². The van der Waals surface area contributed by atoms with Gasteiger partial charge in [-0.2, -0.15) is 0 Å². The lowest BCUT2D eigenvalue weighted by atomic mass is 9.95. The van der Waals surface area contributed by atoms with Crippen LogP contribution >= 0.6 is 11.8 Å². The number of carbonyl (C=O) groups is 1.